The topological polar surface area (TPSA) is 95.9 Å². The normalized spacial score (nSPS) is 15.4. The van der Waals surface area contributed by atoms with E-state index in [0.717, 1.165) is 33.6 Å². The van der Waals surface area contributed by atoms with E-state index in [1.165, 1.54) is 0 Å². The maximum absolute atomic E-state index is 12.7. The van der Waals surface area contributed by atoms with Gasteiger partial charge >= 0.3 is 12.1 Å². The molecule has 2 aliphatic rings. The van der Waals surface area contributed by atoms with E-state index in [1.807, 2.05) is 24.3 Å². The number of carboxylic acids is 1. The summed E-state index contributed by atoms with van der Waals surface area (Å²) in [5, 5.41) is 11.9. The van der Waals surface area contributed by atoms with E-state index in [0.29, 0.717) is 12.8 Å². The van der Waals surface area contributed by atoms with Crippen LogP contribution in [0.3, 0.4) is 0 Å². The molecule has 170 valence electrons. The summed E-state index contributed by atoms with van der Waals surface area (Å²) in [5.74, 6) is 0.734. The van der Waals surface area contributed by atoms with Crippen molar-refractivity contribution in [3.8, 4) is 23.5 Å². The molecule has 2 amide bonds. The van der Waals surface area contributed by atoms with Crippen LogP contribution in [0.1, 0.15) is 42.7 Å². The maximum atomic E-state index is 12.7. The number of aliphatic carboxylic acids is 1. The van der Waals surface area contributed by atoms with E-state index in [4.69, 9.17) is 16.3 Å². The molecule has 7 nitrogen and oxygen atoms in total. The number of rotatable bonds is 8. The molecule has 0 spiro atoms. The lowest BCUT2D eigenvalue weighted by atomic mass is 9.74. The zero-order chi connectivity index (χ0) is 23.4. The van der Waals surface area contributed by atoms with Crippen LogP contribution in [-0.4, -0.2) is 53.2 Å². The van der Waals surface area contributed by atoms with E-state index < -0.39 is 30.1 Å². The van der Waals surface area contributed by atoms with Gasteiger partial charge in [0.05, 0.1) is 18.5 Å². The second-order valence-corrected chi connectivity index (χ2v) is 8.61. The monoisotopic (exact) mass is 446 g/mol. The number of carbonyl (C=O) groups excluding carboxylic acids is 2. The fourth-order valence-corrected chi connectivity index (χ4v) is 4.71. The lowest BCUT2D eigenvalue weighted by Gasteiger charge is -2.42. The van der Waals surface area contributed by atoms with Crippen molar-refractivity contribution in [1.29, 1.82) is 0 Å². The number of alkyl carbamates (subject to hydrolysis) is 1. The molecule has 0 bridgehead atoms. The van der Waals surface area contributed by atoms with Crippen molar-refractivity contribution in [2.75, 3.05) is 19.7 Å². The SMILES string of the molecule is C#CCN(CC(=O)O)C(=O)CC1(NC(=O)OCC2c3ccccc3-c3ccccc32)CCC1. The van der Waals surface area contributed by atoms with Gasteiger partial charge in [0.1, 0.15) is 13.2 Å². The minimum atomic E-state index is -1.13. The number of terminal acetylenes is 1. The Morgan fingerprint density at radius 3 is 2.21 bits per heavy atom. The van der Waals surface area contributed by atoms with E-state index in [2.05, 4.69) is 35.5 Å². The Kier molecular flexibility index (Phi) is 6.36. The molecule has 2 aromatic carbocycles. The van der Waals surface area contributed by atoms with Gasteiger partial charge in [-0.3, -0.25) is 9.59 Å². The van der Waals surface area contributed by atoms with Crippen molar-refractivity contribution < 1.29 is 24.2 Å². The summed E-state index contributed by atoms with van der Waals surface area (Å²) >= 11 is 0. The molecule has 2 aliphatic carbocycles. The second-order valence-electron chi connectivity index (χ2n) is 8.61. The van der Waals surface area contributed by atoms with E-state index >= 15 is 0 Å². The quantitative estimate of drug-likeness (QED) is 0.606. The first-order valence-electron chi connectivity index (χ1n) is 11.0. The van der Waals surface area contributed by atoms with Crippen LogP contribution in [0.2, 0.25) is 0 Å². The first-order chi connectivity index (χ1) is 15.9. The van der Waals surface area contributed by atoms with Gasteiger partial charge in [-0.15, -0.1) is 6.42 Å². The summed E-state index contributed by atoms with van der Waals surface area (Å²) in [5.41, 5.74) is 3.81. The van der Waals surface area contributed by atoms with Gasteiger partial charge in [-0.25, -0.2) is 4.79 Å². The van der Waals surface area contributed by atoms with Gasteiger partial charge in [0.15, 0.2) is 0 Å². The van der Waals surface area contributed by atoms with Crippen LogP contribution in [0.25, 0.3) is 11.1 Å². The van der Waals surface area contributed by atoms with E-state index in [-0.39, 0.29) is 25.5 Å². The number of nitrogens with one attached hydrogen (secondary N) is 1. The molecule has 0 atom stereocenters. The summed E-state index contributed by atoms with van der Waals surface area (Å²) in [6.45, 7) is -0.373. The van der Waals surface area contributed by atoms with Crippen molar-refractivity contribution in [1.82, 2.24) is 10.2 Å². The zero-order valence-electron chi connectivity index (χ0n) is 18.3. The van der Waals surface area contributed by atoms with E-state index in [9.17, 15) is 14.4 Å². The predicted molar refractivity (Wildman–Crippen MR) is 122 cm³/mol. The molecular weight excluding hydrogens is 420 g/mol. The number of hydrogen-bond acceptors (Lipinski definition) is 4. The molecule has 0 unspecified atom stereocenters. The van der Waals surface area contributed by atoms with Gasteiger partial charge in [0.25, 0.3) is 0 Å². The molecule has 7 heteroatoms. The van der Waals surface area contributed by atoms with E-state index in [1.54, 1.807) is 0 Å². The van der Waals surface area contributed by atoms with Gasteiger partial charge in [-0.05, 0) is 41.5 Å². The summed E-state index contributed by atoms with van der Waals surface area (Å²) < 4.78 is 5.62. The lowest BCUT2D eigenvalue weighted by Crippen LogP contribution is -2.56. The lowest BCUT2D eigenvalue weighted by molar-refractivity contribution is -0.145. The van der Waals surface area contributed by atoms with Crippen molar-refractivity contribution in [3.05, 3.63) is 59.7 Å². The third-order valence-corrected chi connectivity index (χ3v) is 6.47. The third kappa shape index (κ3) is 4.70. The molecule has 2 aromatic rings. The van der Waals surface area contributed by atoms with Crippen LogP contribution in [-0.2, 0) is 14.3 Å². The highest BCUT2D eigenvalue weighted by Gasteiger charge is 2.42. The summed E-state index contributed by atoms with van der Waals surface area (Å²) in [6.07, 6.45) is 6.80. The van der Waals surface area contributed by atoms with Gasteiger partial charge in [-0.2, -0.15) is 0 Å². The molecular formula is C26H26N2O5. The number of amides is 2. The van der Waals surface area contributed by atoms with Crippen LogP contribution in [0.15, 0.2) is 48.5 Å². The first-order valence-corrected chi connectivity index (χ1v) is 11.0. The number of benzene rings is 2. The average molecular weight is 447 g/mol. The minimum absolute atomic E-state index is 0.00778. The van der Waals surface area contributed by atoms with Crippen molar-refractivity contribution in [2.24, 2.45) is 0 Å². The fraction of sp³-hybridized carbons (Fsp3) is 0.346. The number of ether oxygens (including phenoxy) is 1. The molecule has 0 saturated heterocycles. The Hall–Kier alpha value is -3.79. The highest BCUT2D eigenvalue weighted by Crippen LogP contribution is 2.44. The molecule has 0 aliphatic heterocycles. The van der Waals surface area contributed by atoms with Crippen molar-refractivity contribution >= 4 is 18.0 Å². The minimum Gasteiger partial charge on any atom is -0.480 e. The fourth-order valence-electron chi connectivity index (χ4n) is 4.71. The third-order valence-electron chi connectivity index (χ3n) is 6.47. The molecule has 2 N–H and O–H groups in total. The van der Waals surface area contributed by atoms with Crippen molar-refractivity contribution in [2.45, 2.75) is 37.1 Å². The molecule has 4 rings (SSSR count). The Balaban J connectivity index is 1.40. The zero-order valence-corrected chi connectivity index (χ0v) is 18.3. The van der Waals surface area contributed by atoms with Crippen LogP contribution in [0, 0.1) is 12.3 Å². The Labute approximate surface area is 192 Å². The Morgan fingerprint density at radius 2 is 1.70 bits per heavy atom. The van der Waals surface area contributed by atoms with Crippen LogP contribution < -0.4 is 5.32 Å². The van der Waals surface area contributed by atoms with Crippen LogP contribution in [0.4, 0.5) is 4.79 Å². The highest BCUT2D eigenvalue weighted by molar-refractivity contribution is 5.83. The van der Waals surface area contributed by atoms with Crippen LogP contribution >= 0.6 is 0 Å². The Morgan fingerprint density at radius 1 is 1.09 bits per heavy atom. The Bertz CT molecular complexity index is 1070. The molecule has 33 heavy (non-hydrogen) atoms. The van der Waals surface area contributed by atoms with Gasteiger partial charge in [0.2, 0.25) is 5.91 Å². The molecule has 0 aromatic heterocycles. The number of hydrogen-bond donors (Lipinski definition) is 2. The molecule has 0 heterocycles. The largest absolute Gasteiger partial charge is 0.480 e. The highest BCUT2D eigenvalue weighted by atomic mass is 16.5. The summed E-state index contributed by atoms with van der Waals surface area (Å²) in [7, 11) is 0. The standard InChI is InChI=1S/C26H26N2O5/c1-2-14-28(16-24(30)31)23(29)15-26(12-7-13-26)27-25(32)33-17-22-20-10-5-3-8-18(20)19-9-4-6-11-21(19)22/h1,3-6,8-11,22H,7,12-17H2,(H,27,32)(H,30,31). The molecule has 1 saturated carbocycles. The van der Waals surface area contributed by atoms with Crippen molar-refractivity contribution in [3.63, 3.8) is 0 Å². The summed E-state index contributed by atoms with van der Waals surface area (Å²) in [6, 6.07) is 16.2. The number of fused-ring (bicyclic) bond motifs is 3. The second kappa shape index (κ2) is 9.37. The predicted octanol–water partition coefficient (Wildman–Crippen LogP) is 3.38. The number of carboxylic acid groups (broad SMARTS) is 1. The molecule has 0 radical (unpaired) electrons. The average Bonchev–Trinajstić information content (AvgIpc) is 3.09. The van der Waals surface area contributed by atoms with Crippen LogP contribution in [0.5, 0.6) is 0 Å². The smallest absolute Gasteiger partial charge is 0.407 e. The summed E-state index contributed by atoms with van der Waals surface area (Å²) in [4.78, 5) is 37.5. The van der Waals surface area contributed by atoms with Gasteiger partial charge < -0.3 is 20.1 Å². The number of carbonyl (C=O) groups is 3. The first kappa shape index (κ1) is 22.4. The maximum Gasteiger partial charge on any atom is 0.407 e. The van der Waals surface area contributed by atoms with Gasteiger partial charge in [-0.1, -0.05) is 54.5 Å². The molecule has 1 fully saturated rings. The number of nitrogens with zero attached hydrogens (tertiary/aromatic N) is 1. The van der Waals surface area contributed by atoms with Gasteiger partial charge in [0, 0.05) is 5.92 Å².